The van der Waals surface area contributed by atoms with Gasteiger partial charge in [0.25, 0.3) is 5.69 Å². The molecule has 0 radical (unpaired) electrons. The van der Waals surface area contributed by atoms with Crippen molar-refractivity contribution in [3.63, 3.8) is 0 Å². The minimum absolute atomic E-state index is 0.0165. The molecule has 2 N–H and O–H groups in total. The van der Waals surface area contributed by atoms with Gasteiger partial charge in [-0.3, -0.25) is 10.1 Å². The fraction of sp³-hybridized carbons (Fsp3) is 0. The van der Waals surface area contributed by atoms with E-state index in [9.17, 15) is 10.1 Å². The van der Waals surface area contributed by atoms with Crippen LogP contribution in [-0.2, 0) is 0 Å². The van der Waals surface area contributed by atoms with E-state index in [-0.39, 0.29) is 5.69 Å². The molecule has 3 rings (SSSR count). The monoisotopic (exact) mass is 280 g/mol. The van der Waals surface area contributed by atoms with Gasteiger partial charge in [0.2, 0.25) is 0 Å². The van der Waals surface area contributed by atoms with Gasteiger partial charge in [-0.25, -0.2) is 4.68 Å². The van der Waals surface area contributed by atoms with E-state index in [2.05, 4.69) is 5.10 Å². The highest BCUT2D eigenvalue weighted by Gasteiger charge is 2.11. The van der Waals surface area contributed by atoms with Crippen molar-refractivity contribution in [3.05, 3.63) is 70.9 Å². The zero-order valence-corrected chi connectivity index (χ0v) is 11.0. The van der Waals surface area contributed by atoms with Crippen molar-refractivity contribution in [3.8, 4) is 16.9 Å². The molecule has 0 aliphatic rings. The molecule has 3 aromatic rings. The van der Waals surface area contributed by atoms with Gasteiger partial charge in [-0.1, -0.05) is 36.4 Å². The molecule has 0 fully saturated rings. The summed E-state index contributed by atoms with van der Waals surface area (Å²) in [4.78, 5) is 10.4. The molecule has 6 nitrogen and oxygen atoms in total. The highest BCUT2D eigenvalue weighted by atomic mass is 16.6. The normalized spacial score (nSPS) is 10.5. The maximum Gasteiger partial charge on any atom is 0.271 e. The van der Waals surface area contributed by atoms with E-state index in [1.807, 2.05) is 30.3 Å². The molecule has 104 valence electrons. The smallest absolute Gasteiger partial charge is 0.271 e. The molecular formula is C15H12N4O2. The number of nitrogen functional groups attached to an aromatic ring is 1. The Morgan fingerprint density at radius 2 is 1.86 bits per heavy atom. The van der Waals surface area contributed by atoms with Crippen LogP contribution in [0.15, 0.2) is 60.8 Å². The summed E-state index contributed by atoms with van der Waals surface area (Å²) in [5.41, 5.74) is 8.68. The lowest BCUT2D eigenvalue weighted by Gasteiger charge is -2.01. The van der Waals surface area contributed by atoms with Crippen LogP contribution in [0.25, 0.3) is 16.9 Å². The Morgan fingerprint density at radius 3 is 2.57 bits per heavy atom. The van der Waals surface area contributed by atoms with E-state index in [1.54, 1.807) is 23.0 Å². The van der Waals surface area contributed by atoms with E-state index in [0.717, 1.165) is 5.56 Å². The zero-order chi connectivity index (χ0) is 14.8. The molecule has 0 saturated carbocycles. The number of non-ortho nitro benzene ring substituents is 1. The van der Waals surface area contributed by atoms with Crippen LogP contribution in [0, 0.1) is 10.1 Å². The molecule has 0 aliphatic heterocycles. The molecule has 0 bridgehead atoms. The first kappa shape index (κ1) is 12.9. The lowest BCUT2D eigenvalue weighted by Crippen LogP contribution is -1.96. The molecule has 6 heteroatoms. The number of hydrogen-bond acceptors (Lipinski definition) is 4. The summed E-state index contributed by atoms with van der Waals surface area (Å²) in [6, 6.07) is 15.8. The summed E-state index contributed by atoms with van der Waals surface area (Å²) in [7, 11) is 0. The van der Waals surface area contributed by atoms with Crippen LogP contribution in [0.5, 0.6) is 0 Å². The van der Waals surface area contributed by atoms with Crippen LogP contribution in [0.3, 0.4) is 0 Å². The Labute approximate surface area is 120 Å². The molecule has 2 aromatic carbocycles. The summed E-state index contributed by atoms with van der Waals surface area (Å²) in [5.74, 6) is 0. The van der Waals surface area contributed by atoms with E-state index in [0.29, 0.717) is 17.1 Å². The van der Waals surface area contributed by atoms with Crippen molar-refractivity contribution in [2.24, 2.45) is 0 Å². The summed E-state index contributed by atoms with van der Waals surface area (Å²) >= 11 is 0. The molecule has 0 aliphatic carbocycles. The van der Waals surface area contributed by atoms with Crippen LogP contribution in [-0.4, -0.2) is 14.7 Å². The third-order valence-corrected chi connectivity index (χ3v) is 3.09. The predicted molar refractivity (Wildman–Crippen MR) is 80.1 cm³/mol. The number of benzene rings is 2. The van der Waals surface area contributed by atoms with Crippen LogP contribution in [0.1, 0.15) is 0 Å². The number of nitro benzene ring substituents is 1. The van der Waals surface area contributed by atoms with Crippen molar-refractivity contribution < 1.29 is 4.92 Å². The van der Waals surface area contributed by atoms with Gasteiger partial charge in [-0.15, -0.1) is 0 Å². The Balaban J connectivity index is 2.05. The van der Waals surface area contributed by atoms with E-state index in [4.69, 9.17) is 5.73 Å². The summed E-state index contributed by atoms with van der Waals surface area (Å²) in [6.07, 6.45) is 1.65. The number of anilines is 1. The first-order valence-corrected chi connectivity index (χ1v) is 6.30. The molecular weight excluding hydrogens is 268 g/mol. The molecule has 0 amide bonds. The highest BCUT2D eigenvalue weighted by molar-refractivity contribution is 5.72. The topological polar surface area (TPSA) is 87.0 Å². The molecule has 1 aromatic heterocycles. The van der Waals surface area contributed by atoms with Crippen LogP contribution < -0.4 is 5.73 Å². The maximum atomic E-state index is 10.8. The fourth-order valence-electron chi connectivity index (χ4n) is 2.09. The van der Waals surface area contributed by atoms with Crippen LogP contribution >= 0.6 is 0 Å². The van der Waals surface area contributed by atoms with Gasteiger partial charge in [-0.05, 0) is 6.07 Å². The summed E-state index contributed by atoms with van der Waals surface area (Å²) in [6.45, 7) is 0. The Kier molecular flexibility index (Phi) is 3.12. The number of hydrogen-bond donors (Lipinski definition) is 1. The third-order valence-electron chi connectivity index (χ3n) is 3.09. The van der Waals surface area contributed by atoms with Gasteiger partial charge in [0, 0.05) is 17.7 Å². The first-order chi connectivity index (χ1) is 10.1. The van der Waals surface area contributed by atoms with E-state index >= 15 is 0 Å². The van der Waals surface area contributed by atoms with Gasteiger partial charge in [0.15, 0.2) is 0 Å². The molecule has 0 unspecified atom stereocenters. The van der Waals surface area contributed by atoms with Gasteiger partial charge in [0.05, 0.1) is 22.5 Å². The van der Waals surface area contributed by atoms with Crippen LogP contribution in [0.2, 0.25) is 0 Å². The SMILES string of the molecule is Nc1cn(-c2cccc([N+](=O)[O-])c2)nc1-c1ccccc1. The van der Waals surface area contributed by atoms with Gasteiger partial charge >= 0.3 is 0 Å². The van der Waals surface area contributed by atoms with Crippen molar-refractivity contribution in [1.82, 2.24) is 9.78 Å². The highest BCUT2D eigenvalue weighted by Crippen LogP contribution is 2.26. The largest absolute Gasteiger partial charge is 0.396 e. The Bertz CT molecular complexity index is 796. The second-order valence-electron chi connectivity index (χ2n) is 4.52. The second-order valence-corrected chi connectivity index (χ2v) is 4.52. The molecule has 0 saturated heterocycles. The number of nitrogens with zero attached hydrogens (tertiary/aromatic N) is 3. The Morgan fingerprint density at radius 1 is 1.10 bits per heavy atom. The van der Waals surface area contributed by atoms with Gasteiger partial charge in [-0.2, -0.15) is 5.10 Å². The quantitative estimate of drug-likeness (QED) is 0.590. The van der Waals surface area contributed by atoms with Crippen molar-refractivity contribution in [1.29, 1.82) is 0 Å². The first-order valence-electron chi connectivity index (χ1n) is 6.30. The predicted octanol–water partition coefficient (Wildman–Crippen LogP) is 3.03. The molecule has 21 heavy (non-hydrogen) atoms. The molecule has 1 heterocycles. The van der Waals surface area contributed by atoms with E-state index in [1.165, 1.54) is 12.1 Å². The van der Waals surface area contributed by atoms with Gasteiger partial charge < -0.3 is 5.73 Å². The summed E-state index contributed by atoms with van der Waals surface area (Å²) < 4.78 is 1.55. The maximum absolute atomic E-state index is 10.8. The third kappa shape index (κ3) is 2.46. The van der Waals surface area contributed by atoms with Crippen molar-refractivity contribution in [2.45, 2.75) is 0 Å². The number of aromatic nitrogens is 2. The van der Waals surface area contributed by atoms with Crippen molar-refractivity contribution in [2.75, 3.05) is 5.73 Å². The second kappa shape index (κ2) is 5.09. The average molecular weight is 280 g/mol. The fourth-order valence-corrected chi connectivity index (χ4v) is 2.09. The molecule has 0 atom stereocenters. The summed E-state index contributed by atoms with van der Waals surface area (Å²) in [5, 5.41) is 15.2. The number of rotatable bonds is 3. The minimum atomic E-state index is -0.436. The molecule has 0 spiro atoms. The number of nitrogens with two attached hydrogens (primary N) is 1. The van der Waals surface area contributed by atoms with Crippen molar-refractivity contribution >= 4 is 11.4 Å². The minimum Gasteiger partial charge on any atom is -0.396 e. The zero-order valence-electron chi connectivity index (χ0n) is 11.0. The van der Waals surface area contributed by atoms with Crippen LogP contribution in [0.4, 0.5) is 11.4 Å². The number of nitro groups is 1. The average Bonchev–Trinajstić information content (AvgIpc) is 2.90. The van der Waals surface area contributed by atoms with E-state index < -0.39 is 4.92 Å². The standard InChI is InChI=1S/C15H12N4O2/c16-14-10-18(12-7-4-8-13(9-12)19(20)21)17-15(14)11-5-2-1-3-6-11/h1-10H,16H2. The lowest BCUT2D eigenvalue weighted by molar-refractivity contribution is -0.384. The Hall–Kier alpha value is -3.15. The lowest BCUT2D eigenvalue weighted by atomic mass is 10.1. The van der Waals surface area contributed by atoms with Gasteiger partial charge in [0.1, 0.15) is 5.69 Å².